The fourth-order valence-corrected chi connectivity index (χ4v) is 1.98. The molecule has 6 nitrogen and oxygen atoms in total. The molecule has 0 fully saturated rings. The minimum absolute atomic E-state index is 0.319. The van der Waals surface area contributed by atoms with Crippen LogP contribution in [-0.2, 0) is 14.3 Å². The number of esters is 2. The first kappa shape index (κ1) is 17.2. The Balaban J connectivity index is 1.97. The molecule has 1 N–H and O–H groups in total. The Morgan fingerprint density at radius 1 is 0.958 bits per heavy atom. The number of carbonyl (C=O) groups is 3. The summed E-state index contributed by atoms with van der Waals surface area (Å²) in [6.07, 6.45) is 0. The van der Waals surface area contributed by atoms with Gasteiger partial charge in [0.25, 0.3) is 5.91 Å². The average Bonchev–Trinajstić information content (AvgIpc) is 2.61. The van der Waals surface area contributed by atoms with E-state index < -0.39 is 24.5 Å². The molecule has 6 heteroatoms. The highest BCUT2D eigenvalue weighted by Gasteiger charge is 2.12. The van der Waals surface area contributed by atoms with Crippen LogP contribution in [0.5, 0.6) is 0 Å². The van der Waals surface area contributed by atoms with E-state index >= 15 is 0 Å². The standard InChI is InChI=1S/C18H17NO5/c1-12-8-9-14(17(21)23-2)10-15(12)19-16(20)11-24-18(22)13-6-4-3-5-7-13/h3-10H,11H2,1-2H3,(H,19,20). The lowest BCUT2D eigenvalue weighted by atomic mass is 10.1. The van der Waals surface area contributed by atoms with Crippen molar-refractivity contribution >= 4 is 23.5 Å². The topological polar surface area (TPSA) is 81.7 Å². The second-order valence-electron chi connectivity index (χ2n) is 5.01. The van der Waals surface area contributed by atoms with Crippen LogP contribution in [0, 0.1) is 6.92 Å². The van der Waals surface area contributed by atoms with E-state index in [-0.39, 0.29) is 0 Å². The number of benzene rings is 2. The van der Waals surface area contributed by atoms with Gasteiger partial charge in [0, 0.05) is 5.69 Å². The molecule has 0 aliphatic heterocycles. The molecule has 2 aromatic carbocycles. The molecule has 0 radical (unpaired) electrons. The number of hydrogen-bond donors (Lipinski definition) is 1. The van der Waals surface area contributed by atoms with Gasteiger partial charge in [-0.1, -0.05) is 24.3 Å². The molecule has 0 heterocycles. The molecule has 24 heavy (non-hydrogen) atoms. The molecule has 0 atom stereocenters. The largest absolute Gasteiger partial charge is 0.465 e. The van der Waals surface area contributed by atoms with Crippen molar-refractivity contribution in [3.63, 3.8) is 0 Å². The Labute approximate surface area is 139 Å². The number of aryl methyl sites for hydroxylation is 1. The van der Waals surface area contributed by atoms with Gasteiger partial charge in [0.2, 0.25) is 0 Å². The molecule has 2 rings (SSSR count). The predicted molar refractivity (Wildman–Crippen MR) is 87.9 cm³/mol. The van der Waals surface area contributed by atoms with Crippen molar-refractivity contribution in [2.75, 3.05) is 19.0 Å². The zero-order valence-corrected chi connectivity index (χ0v) is 13.4. The van der Waals surface area contributed by atoms with Gasteiger partial charge in [0.15, 0.2) is 6.61 Å². The van der Waals surface area contributed by atoms with Gasteiger partial charge >= 0.3 is 11.9 Å². The van der Waals surface area contributed by atoms with Crippen LogP contribution < -0.4 is 5.32 Å². The number of carbonyl (C=O) groups excluding carboxylic acids is 3. The Morgan fingerprint density at radius 2 is 1.67 bits per heavy atom. The lowest BCUT2D eigenvalue weighted by molar-refractivity contribution is -0.119. The maximum atomic E-state index is 11.9. The molecular formula is C18H17NO5. The Hall–Kier alpha value is -3.15. The smallest absolute Gasteiger partial charge is 0.338 e. The van der Waals surface area contributed by atoms with Crippen LogP contribution in [0.25, 0.3) is 0 Å². The van der Waals surface area contributed by atoms with Crippen molar-refractivity contribution in [1.82, 2.24) is 0 Å². The third-order valence-corrected chi connectivity index (χ3v) is 3.28. The number of rotatable bonds is 5. The molecular weight excluding hydrogens is 310 g/mol. The Bertz CT molecular complexity index is 755. The lowest BCUT2D eigenvalue weighted by Crippen LogP contribution is -2.21. The molecule has 1 amide bonds. The molecule has 0 aliphatic carbocycles. The predicted octanol–water partition coefficient (Wildman–Crippen LogP) is 2.58. The molecule has 0 bridgehead atoms. The highest BCUT2D eigenvalue weighted by Crippen LogP contribution is 2.17. The maximum Gasteiger partial charge on any atom is 0.338 e. The van der Waals surface area contributed by atoms with Gasteiger partial charge in [-0.25, -0.2) is 9.59 Å². The van der Waals surface area contributed by atoms with E-state index in [1.807, 2.05) is 0 Å². The monoisotopic (exact) mass is 327 g/mol. The summed E-state index contributed by atoms with van der Waals surface area (Å²) in [7, 11) is 1.28. The molecule has 0 unspecified atom stereocenters. The summed E-state index contributed by atoms with van der Waals surface area (Å²) in [6.45, 7) is 1.36. The third-order valence-electron chi connectivity index (χ3n) is 3.28. The van der Waals surface area contributed by atoms with E-state index in [4.69, 9.17) is 4.74 Å². The minimum atomic E-state index is -0.578. The van der Waals surface area contributed by atoms with Gasteiger partial charge in [0.1, 0.15) is 0 Å². The SMILES string of the molecule is COC(=O)c1ccc(C)c(NC(=O)COC(=O)c2ccccc2)c1. The molecule has 0 spiro atoms. The van der Waals surface area contributed by atoms with Gasteiger partial charge in [-0.05, 0) is 36.8 Å². The normalized spacial score (nSPS) is 9.92. The fraction of sp³-hybridized carbons (Fsp3) is 0.167. The van der Waals surface area contributed by atoms with Crippen molar-refractivity contribution in [2.45, 2.75) is 6.92 Å². The summed E-state index contributed by atoms with van der Waals surface area (Å²) in [5, 5.41) is 2.61. The summed E-state index contributed by atoms with van der Waals surface area (Å²) < 4.78 is 9.60. The highest BCUT2D eigenvalue weighted by atomic mass is 16.5. The van der Waals surface area contributed by atoms with Crippen LogP contribution in [0.1, 0.15) is 26.3 Å². The lowest BCUT2D eigenvalue weighted by Gasteiger charge is -2.10. The summed E-state index contributed by atoms with van der Waals surface area (Å²) >= 11 is 0. The first-order valence-electron chi connectivity index (χ1n) is 7.22. The van der Waals surface area contributed by atoms with E-state index in [1.165, 1.54) is 13.2 Å². The zero-order chi connectivity index (χ0) is 17.5. The van der Waals surface area contributed by atoms with Crippen molar-refractivity contribution in [1.29, 1.82) is 0 Å². The highest BCUT2D eigenvalue weighted by molar-refractivity contribution is 5.97. The summed E-state index contributed by atoms with van der Waals surface area (Å²) in [4.78, 5) is 35.3. The summed E-state index contributed by atoms with van der Waals surface area (Å²) in [5.74, 6) is -1.57. The molecule has 0 saturated carbocycles. The van der Waals surface area contributed by atoms with Crippen molar-refractivity contribution in [3.8, 4) is 0 Å². The zero-order valence-electron chi connectivity index (χ0n) is 13.4. The van der Waals surface area contributed by atoms with Gasteiger partial charge in [-0.15, -0.1) is 0 Å². The van der Waals surface area contributed by atoms with Crippen molar-refractivity contribution in [2.24, 2.45) is 0 Å². The number of hydrogen-bond acceptors (Lipinski definition) is 5. The van der Waals surface area contributed by atoms with Crippen LogP contribution in [-0.4, -0.2) is 31.6 Å². The van der Waals surface area contributed by atoms with Crippen LogP contribution in [0.4, 0.5) is 5.69 Å². The third kappa shape index (κ3) is 4.42. The van der Waals surface area contributed by atoms with E-state index in [2.05, 4.69) is 10.1 Å². The fourth-order valence-electron chi connectivity index (χ4n) is 1.98. The quantitative estimate of drug-likeness (QED) is 0.854. The van der Waals surface area contributed by atoms with E-state index in [9.17, 15) is 14.4 Å². The van der Waals surface area contributed by atoms with E-state index in [0.717, 1.165) is 5.56 Å². The van der Waals surface area contributed by atoms with Crippen LogP contribution in [0.3, 0.4) is 0 Å². The number of amides is 1. The Morgan fingerprint density at radius 3 is 2.33 bits per heavy atom. The first-order valence-corrected chi connectivity index (χ1v) is 7.22. The van der Waals surface area contributed by atoms with Gasteiger partial charge in [-0.2, -0.15) is 0 Å². The van der Waals surface area contributed by atoms with Crippen molar-refractivity contribution < 1.29 is 23.9 Å². The molecule has 0 aromatic heterocycles. The number of nitrogens with one attached hydrogen (secondary N) is 1. The van der Waals surface area contributed by atoms with Gasteiger partial charge in [0.05, 0.1) is 18.2 Å². The van der Waals surface area contributed by atoms with E-state index in [1.54, 1.807) is 49.4 Å². The second-order valence-corrected chi connectivity index (χ2v) is 5.01. The maximum absolute atomic E-state index is 11.9. The summed E-state index contributed by atoms with van der Waals surface area (Å²) in [5.41, 5.74) is 1.91. The molecule has 0 aliphatic rings. The van der Waals surface area contributed by atoms with Crippen LogP contribution in [0.15, 0.2) is 48.5 Å². The first-order chi connectivity index (χ1) is 11.5. The van der Waals surface area contributed by atoms with Crippen LogP contribution >= 0.6 is 0 Å². The van der Waals surface area contributed by atoms with Gasteiger partial charge < -0.3 is 14.8 Å². The number of ether oxygens (including phenoxy) is 2. The number of anilines is 1. The molecule has 0 saturated heterocycles. The van der Waals surface area contributed by atoms with Crippen LogP contribution in [0.2, 0.25) is 0 Å². The summed E-state index contributed by atoms with van der Waals surface area (Å²) in [6, 6.07) is 13.2. The van der Waals surface area contributed by atoms with Crippen molar-refractivity contribution in [3.05, 3.63) is 65.2 Å². The van der Waals surface area contributed by atoms with Gasteiger partial charge in [-0.3, -0.25) is 4.79 Å². The molecule has 2 aromatic rings. The average molecular weight is 327 g/mol. The molecule has 124 valence electrons. The minimum Gasteiger partial charge on any atom is -0.465 e. The Kier molecular flexibility index (Phi) is 5.68. The number of methoxy groups -OCH3 is 1. The van der Waals surface area contributed by atoms with E-state index in [0.29, 0.717) is 16.8 Å². The second kappa shape index (κ2) is 7.92.